The second-order valence-electron chi connectivity index (χ2n) is 6.41. The minimum atomic E-state index is -0.391. The summed E-state index contributed by atoms with van der Waals surface area (Å²) in [4.78, 5) is 24.0. The van der Waals surface area contributed by atoms with E-state index in [0.717, 1.165) is 51.4 Å². The van der Waals surface area contributed by atoms with Gasteiger partial charge in [0, 0.05) is 19.9 Å². The minimum Gasteiger partial charge on any atom is -0.466 e. The van der Waals surface area contributed by atoms with Crippen LogP contribution in [0.3, 0.4) is 0 Å². The van der Waals surface area contributed by atoms with E-state index in [9.17, 15) is 14.9 Å². The first-order chi connectivity index (χ1) is 13.0. The second kappa shape index (κ2) is 17.2. The molecule has 0 aromatic carbocycles. The van der Waals surface area contributed by atoms with Gasteiger partial charge in [-0.05, 0) is 32.6 Å². The maximum Gasteiger partial charge on any atom is 0.305 e. The molecule has 0 aromatic heterocycles. The van der Waals surface area contributed by atoms with Crippen molar-refractivity contribution in [2.75, 3.05) is 19.7 Å². The molecule has 1 atom stereocenters. The average molecular weight is 379 g/mol. The largest absolute Gasteiger partial charge is 0.466 e. The number of carbonyl (C=O) groups is 2. The first-order valence-electron chi connectivity index (χ1n) is 9.99. The molecule has 0 saturated carbocycles. The van der Waals surface area contributed by atoms with E-state index in [1.54, 1.807) is 11.8 Å². The van der Waals surface area contributed by atoms with Crippen molar-refractivity contribution in [3.63, 3.8) is 0 Å². The molecule has 152 valence electrons. The van der Waals surface area contributed by atoms with Crippen molar-refractivity contribution in [2.45, 2.75) is 84.7 Å². The molecule has 6 heteroatoms. The third-order valence-corrected chi connectivity index (χ3v) is 3.92. The summed E-state index contributed by atoms with van der Waals surface area (Å²) in [6, 6.07) is 0. The fourth-order valence-corrected chi connectivity index (χ4v) is 2.52. The van der Waals surface area contributed by atoms with Gasteiger partial charge in [-0.3, -0.25) is 14.5 Å². The van der Waals surface area contributed by atoms with Gasteiger partial charge in [-0.2, -0.15) is 5.26 Å². The molecule has 27 heavy (non-hydrogen) atoms. The molecule has 0 aliphatic carbocycles. The van der Waals surface area contributed by atoms with Gasteiger partial charge in [-0.1, -0.05) is 44.4 Å². The summed E-state index contributed by atoms with van der Waals surface area (Å²) in [5.74, 6) is 5.46. The van der Waals surface area contributed by atoms with Crippen LogP contribution in [0.1, 0.15) is 78.6 Å². The van der Waals surface area contributed by atoms with Crippen LogP contribution in [0.25, 0.3) is 0 Å². The molecule has 0 fully saturated rings. The summed E-state index contributed by atoms with van der Waals surface area (Å²) in [5, 5.41) is 9.21. The van der Waals surface area contributed by atoms with Crippen molar-refractivity contribution in [2.24, 2.45) is 0 Å². The van der Waals surface area contributed by atoms with E-state index in [0.29, 0.717) is 26.1 Å². The number of esters is 2. The summed E-state index contributed by atoms with van der Waals surface area (Å²) < 4.78 is 10.1. The molecule has 0 radical (unpaired) electrons. The molecule has 0 saturated heterocycles. The highest BCUT2D eigenvalue weighted by Gasteiger charge is 2.08. The highest BCUT2D eigenvalue weighted by Crippen LogP contribution is 2.07. The number of nitrogens with zero attached hydrogens (tertiary/aromatic N) is 2. The van der Waals surface area contributed by atoms with Crippen molar-refractivity contribution < 1.29 is 19.1 Å². The monoisotopic (exact) mass is 378 g/mol. The second-order valence-corrected chi connectivity index (χ2v) is 6.41. The Morgan fingerprint density at radius 3 is 2.44 bits per heavy atom. The van der Waals surface area contributed by atoms with Gasteiger partial charge in [0.2, 0.25) is 0 Å². The molecule has 0 amide bonds. The van der Waals surface area contributed by atoms with E-state index < -0.39 is 6.10 Å². The Kier molecular flexibility index (Phi) is 15.8. The van der Waals surface area contributed by atoms with Crippen LogP contribution in [0.5, 0.6) is 0 Å². The number of hydrogen-bond donors (Lipinski definition) is 0. The molecule has 0 aliphatic rings. The maximum atomic E-state index is 11.2. The molecule has 0 heterocycles. The molecular weight excluding hydrogens is 344 g/mol. The number of nitriles is 1. The zero-order valence-electron chi connectivity index (χ0n) is 17.1. The van der Waals surface area contributed by atoms with Gasteiger partial charge in [0.05, 0.1) is 13.2 Å². The van der Waals surface area contributed by atoms with E-state index in [-0.39, 0.29) is 11.9 Å². The van der Waals surface area contributed by atoms with Crippen molar-refractivity contribution in [1.29, 1.82) is 5.26 Å². The fourth-order valence-electron chi connectivity index (χ4n) is 2.52. The van der Waals surface area contributed by atoms with E-state index >= 15 is 0 Å². The van der Waals surface area contributed by atoms with E-state index in [1.165, 1.54) is 6.92 Å². The van der Waals surface area contributed by atoms with Crippen LogP contribution < -0.4 is 0 Å². The van der Waals surface area contributed by atoms with E-state index in [1.807, 2.05) is 0 Å². The molecule has 0 aliphatic heterocycles. The molecule has 6 nitrogen and oxygen atoms in total. The zero-order valence-corrected chi connectivity index (χ0v) is 17.1. The van der Waals surface area contributed by atoms with Crippen molar-refractivity contribution in [3.05, 3.63) is 0 Å². The third kappa shape index (κ3) is 15.7. The maximum absolute atomic E-state index is 11.2. The summed E-state index contributed by atoms with van der Waals surface area (Å²) in [5.41, 5.74) is 0. The lowest BCUT2D eigenvalue weighted by Gasteiger charge is -2.13. The van der Waals surface area contributed by atoms with E-state index in [2.05, 4.69) is 25.0 Å². The Bertz CT molecular complexity index is 517. The van der Waals surface area contributed by atoms with Crippen molar-refractivity contribution >= 4 is 11.9 Å². The lowest BCUT2D eigenvalue weighted by atomic mass is 10.1. The summed E-state index contributed by atoms with van der Waals surface area (Å²) in [7, 11) is 0. The first-order valence-corrected chi connectivity index (χ1v) is 9.99. The van der Waals surface area contributed by atoms with Gasteiger partial charge in [-0.25, -0.2) is 0 Å². The van der Waals surface area contributed by atoms with Gasteiger partial charge in [0.1, 0.15) is 0 Å². The minimum absolute atomic E-state index is 0.146. The van der Waals surface area contributed by atoms with E-state index in [4.69, 9.17) is 9.47 Å². The number of rotatable bonds is 14. The van der Waals surface area contributed by atoms with Crippen molar-refractivity contribution in [1.82, 2.24) is 4.90 Å². The summed E-state index contributed by atoms with van der Waals surface area (Å²) in [6.45, 7) is 6.71. The predicted octanol–water partition coefficient (Wildman–Crippen LogP) is 3.80. The Balaban J connectivity index is 4.10. The standard InChI is InChI=1S/C21H34N2O4/c1-4-6-9-13-20(27-19(3)24)14-12-17-23(18-22)16-11-8-7-10-15-21(25)26-5-2/h20H,4-11,13,15-17H2,1-3H3/t20-/m1/s1. The topological polar surface area (TPSA) is 79.6 Å². The first kappa shape index (κ1) is 24.8. The van der Waals surface area contributed by atoms with Gasteiger partial charge < -0.3 is 9.47 Å². The van der Waals surface area contributed by atoms with Crippen LogP contribution in [0.15, 0.2) is 0 Å². The molecule has 0 spiro atoms. The van der Waals surface area contributed by atoms with Gasteiger partial charge in [-0.15, -0.1) is 0 Å². The van der Waals surface area contributed by atoms with Crippen LogP contribution >= 0.6 is 0 Å². The summed E-state index contributed by atoms with van der Waals surface area (Å²) >= 11 is 0. The van der Waals surface area contributed by atoms with Crippen molar-refractivity contribution in [3.8, 4) is 18.0 Å². The molecular formula is C21H34N2O4. The quantitative estimate of drug-likeness (QED) is 0.150. The van der Waals surface area contributed by atoms with Crippen LogP contribution in [-0.4, -0.2) is 42.6 Å². The highest BCUT2D eigenvalue weighted by molar-refractivity contribution is 5.69. The lowest BCUT2D eigenvalue weighted by molar-refractivity contribution is -0.144. The number of carbonyl (C=O) groups excluding carboxylic acids is 2. The number of ether oxygens (including phenoxy) is 2. The third-order valence-electron chi connectivity index (χ3n) is 3.92. The predicted molar refractivity (Wildman–Crippen MR) is 104 cm³/mol. The lowest BCUT2D eigenvalue weighted by Crippen LogP contribution is -2.20. The molecule has 0 unspecified atom stereocenters. The Hall–Kier alpha value is -2.21. The van der Waals surface area contributed by atoms with Gasteiger partial charge >= 0.3 is 11.9 Å². The molecule has 0 rings (SSSR count). The Labute approximate surface area is 164 Å². The number of unbranched alkanes of at least 4 members (excludes halogenated alkanes) is 5. The normalized spacial score (nSPS) is 10.9. The molecule has 0 bridgehead atoms. The fraction of sp³-hybridized carbons (Fsp3) is 0.762. The zero-order chi connectivity index (χ0) is 20.3. The Morgan fingerprint density at radius 1 is 1.07 bits per heavy atom. The highest BCUT2D eigenvalue weighted by atomic mass is 16.5. The van der Waals surface area contributed by atoms with Gasteiger partial charge in [0.15, 0.2) is 12.3 Å². The smallest absolute Gasteiger partial charge is 0.305 e. The van der Waals surface area contributed by atoms with Crippen LogP contribution in [-0.2, 0) is 19.1 Å². The van der Waals surface area contributed by atoms with Crippen LogP contribution in [0.2, 0.25) is 0 Å². The molecule has 0 aromatic rings. The van der Waals surface area contributed by atoms with Crippen LogP contribution in [0, 0.1) is 23.3 Å². The average Bonchev–Trinajstić information content (AvgIpc) is 2.62. The van der Waals surface area contributed by atoms with Crippen LogP contribution in [0.4, 0.5) is 0 Å². The summed E-state index contributed by atoms with van der Waals surface area (Å²) in [6.07, 6.45) is 9.68. The number of hydrogen-bond acceptors (Lipinski definition) is 6. The SMILES string of the molecule is CCCCC[C@H](C#CCN(C#N)CCCCCCC(=O)OCC)OC(C)=O. The van der Waals surface area contributed by atoms with Gasteiger partial charge in [0.25, 0.3) is 0 Å². The molecule has 0 N–H and O–H groups in total. The Morgan fingerprint density at radius 2 is 1.81 bits per heavy atom.